The Morgan fingerprint density at radius 2 is 2.04 bits per heavy atom. The summed E-state index contributed by atoms with van der Waals surface area (Å²) in [5.74, 6) is 0.864. The van der Waals surface area contributed by atoms with Gasteiger partial charge in [-0.1, -0.05) is 12.1 Å². The van der Waals surface area contributed by atoms with E-state index in [1.54, 1.807) is 0 Å². The lowest BCUT2D eigenvalue weighted by Crippen LogP contribution is -2.39. The number of benzene rings is 1. The van der Waals surface area contributed by atoms with Gasteiger partial charge in [-0.3, -0.25) is 9.59 Å². The molecule has 2 atom stereocenters. The Labute approximate surface area is 149 Å². The molecule has 0 spiro atoms. The van der Waals surface area contributed by atoms with Gasteiger partial charge in [0, 0.05) is 43.7 Å². The molecular weight excluding hydrogens is 314 g/mol. The molecule has 3 fully saturated rings. The van der Waals surface area contributed by atoms with E-state index in [0.29, 0.717) is 37.4 Å². The molecule has 4 rings (SSSR count). The van der Waals surface area contributed by atoms with Gasteiger partial charge < -0.3 is 15.5 Å². The number of anilines is 1. The number of rotatable bonds is 5. The molecule has 1 aromatic carbocycles. The molecule has 0 aromatic heterocycles. The lowest BCUT2D eigenvalue weighted by Gasteiger charge is -2.28. The molecule has 2 N–H and O–H groups in total. The highest BCUT2D eigenvalue weighted by Gasteiger charge is 2.34. The monoisotopic (exact) mass is 341 g/mol. The molecule has 134 valence electrons. The summed E-state index contributed by atoms with van der Waals surface area (Å²) in [5, 5.41) is 6.69. The van der Waals surface area contributed by atoms with Crippen LogP contribution in [0.3, 0.4) is 0 Å². The van der Waals surface area contributed by atoms with Crippen LogP contribution in [0.2, 0.25) is 0 Å². The van der Waals surface area contributed by atoms with Gasteiger partial charge >= 0.3 is 0 Å². The summed E-state index contributed by atoms with van der Waals surface area (Å²) >= 11 is 0. The van der Waals surface area contributed by atoms with Gasteiger partial charge in [0.05, 0.1) is 0 Å². The zero-order valence-corrected chi connectivity index (χ0v) is 14.7. The number of carbonyl (C=O) groups is 2. The van der Waals surface area contributed by atoms with Gasteiger partial charge in [-0.2, -0.15) is 0 Å². The lowest BCUT2D eigenvalue weighted by atomic mass is 9.89. The normalized spacial score (nSPS) is 28.4. The molecule has 2 bridgehead atoms. The van der Waals surface area contributed by atoms with E-state index in [0.717, 1.165) is 37.1 Å². The standard InChI is InChI=1S/C20H27N3O2/c24-19(12-15-9-16-6-7-17(10-15)22-16)21-13-14-3-1-4-18(11-14)23-8-2-5-20(23)25/h1,3-4,11,15-17,22H,2,5-10,12-13H2,(H,21,24). The molecule has 3 aliphatic rings. The number of amides is 2. The van der Waals surface area contributed by atoms with E-state index in [1.165, 1.54) is 12.8 Å². The van der Waals surface area contributed by atoms with Crippen molar-refractivity contribution in [3.05, 3.63) is 29.8 Å². The van der Waals surface area contributed by atoms with Crippen LogP contribution in [-0.4, -0.2) is 30.4 Å². The molecule has 5 nitrogen and oxygen atoms in total. The van der Waals surface area contributed by atoms with E-state index in [2.05, 4.69) is 10.6 Å². The Morgan fingerprint density at radius 3 is 2.76 bits per heavy atom. The summed E-state index contributed by atoms with van der Waals surface area (Å²) in [7, 11) is 0. The second kappa shape index (κ2) is 7.16. The molecule has 1 aromatic rings. The van der Waals surface area contributed by atoms with Gasteiger partial charge in [-0.15, -0.1) is 0 Å². The first kappa shape index (κ1) is 16.6. The number of fused-ring (bicyclic) bond motifs is 2. The highest BCUT2D eigenvalue weighted by molar-refractivity contribution is 5.95. The summed E-state index contributed by atoms with van der Waals surface area (Å²) in [6.07, 6.45) is 7.01. The molecular formula is C20H27N3O2. The van der Waals surface area contributed by atoms with Gasteiger partial charge in [0.25, 0.3) is 0 Å². The highest BCUT2D eigenvalue weighted by atomic mass is 16.2. The Balaban J connectivity index is 1.29. The summed E-state index contributed by atoms with van der Waals surface area (Å²) in [4.78, 5) is 26.0. The van der Waals surface area contributed by atoms with Crippen molar-refractivity contribution in [2.75, 3.05) is 11.4 Å². The van der Waals surface area contributed by atoms with Crippen molar-refractivity contribution in [1.82, 2.24) is 10.6 Å². The van der Waals surface area contributed by atoms with Crippen LogP contribution in [0.15, 0.2) is 24.3 Å². The van der Waals surface area contributed by atoms with Crippen LogP contribution in [-0.2, 0) is 16.1 Å². The highest BCUT2D eigenvalue weighted by Crippen LogP contribution is 2.32. The van der Waals surface area contributed by atoms with Crippen LogP contribution >= 0.6 is 0 Å². The van der Waals surface area contributed by atoms with E-state index in [9.17, 15) is 9.59 Å². The third-order valence-corrected chi connectivity index (χ3v) is 5.83. The van der Waals surface area contributed by atoms with Gasteiger partial charge in [-0.25, -0.2) is 0 Å². The fourth-order valence-corrected chi connectivity index (χ4v) is 4.63. The Kier molecular flexibility index (Phi) is 4.75. The van der Waals surface area contributed by atoms with Crippen molar-refractivity contribution in [2.24, 2.45) is 5.92 Å². The van der Waals surface area contributed by atoms with Crippen LogP contribution in [0.5, 0.6) is 0 Å². The van der Waals surface area contributed by atoms with Crippen LogP contribution in [0.4, 0.5) is 5.69 Å². The minimum Gasteiger partial charge on any atom is -0.352 e. The molecule has 0 radical (unpaired) electrons. The number of hydrogen-bond acceptors (Lipinski definition) is 3. The van der Waals surface area contributed by atoms with E-state index in [-0.39, 0.29) is 11.8 Å². The molecule has 5 heteroatoms. The zero-order valence-electron chi connectivity index (χ0n) is 14.7. The SMILES string of the molecule is O=C(CC1CC2CCC(C1)N2)NCc1cccc(N2CCCC2=O)c1. The van der Waals surface area contributed by atoms with Gasteiger partial charge in [0.1, 0.15) is 0 Å². The number of carbonyl (C=O) groups excluding carboxylic acids is 2. The molecule has 3 heterocycles. The second-order valence-corrected chi connectivity index (χ2v) is 7.77. The first-order valence-electron chi connectivity index (χ1n) is 9.59. The maximum Gasteiger partial charge on any atom is 0.227 e. The quantitative estimate of drug-likeness (QED) is 0.864. The summed E-state index contributed by atoms with van der Waals surface area (Å²) in [5.41, 5.74) is 2.00. The first-order valence-corrected chi connectivity index (χ1v) is 9.59. The number of nitrogens with one attached hydrogen (secondary N) is 2. The fourth-order valence-electron chi connectivity index (χ4n) is 4.63. The smallest absolute Gasteiger partial charge is 0.227 e. The maximum atomic E-state index is 12.3. The predicted molar refractivity (Wildman–Crippen MR) is 97.2 cm³/mol. The van der Waals surface area contributed by atoms with Crippen molar-refractivity contribution < 1.29 is 9.59 Å². The van der Waals surface area contributed by atoms with E-state index in [1.807, 2.05) is 29.2 Å². The first-order chi connectivity index (χ1) is 12.2. The Bertz CT molecular complexity index is 648. The lowest BCUT2D eigenvalue weighted by molar-refractivity contribution is -0.122. The predicted octanol–water partition coefficient (Wildman–Crippen LogP) is 2.35. The number of hydrogen-bond donors (Lipinski definition) is 2. The van der Waals surface area contributed by atoms with Crippen molar-refractivity contribution >= 4 is 17.5 Å². The van der Waals surface area contributed by atoms with Crippen molar-refractivity contribution in [3.8, 4) is 0 Å². The Morgan fingerprint density at radius 1 is 1.24 bits per heavy atom. The average Bonchev–Trinajstić information content (AvgIpc) is 3.18. The molecule has 2 unspecified atom stereocenters. The van der Waals surface area contributed by atoms with Crippen LogP contribution in [0, 0.1) is 5.92 Å². The van der Waals surface area contributed by atoms with Gasteiger partial charge in [-0.05, 0) is 55.7 Å². The topological polar surface area (TPSA) is 61.4 Å². The van der Waals surface area contributed by atoms with Crippen LogP contribution in [0.1, 0.15) is 50.5 Å². The molecule has 25 heavy (non-hydrogen) atoms. The summed E-state index contributed by atoms with van der Waals surface area (Å²) in [6, 6.07) is 9.23. The van der Waals surface area contributed by atoms with Gasteiger partial charge in [0.15, 0.2) is 0 Å². The second-order valence-electron chi connectivity index (χ2n) is 7.77. The molecule has 3 saturated heterocycles. The molecule has 0 aliphatic carbocycles. The van der Waals surface area contributed by atoms with E-state index >= 15 is 0 Å². The number of nitrogens with zero attached hydrogens (tertiary/aromatic N) is 1. The summed E-state index contributed by atoms with van der Waals surface area (Å²) in [6.45, 7) is 1.33. The molecule has 2 amide bonds. The average molecular weight is 341 g/mol. The van der Waals surface area contributed by atoms with E-state index in [4.69, 9.17) is 0 Å². The zero-order chi connectivity index (χ0) is 17.2. The molecule has 3 aliphatic heterocycles. The van der Waals surface area contributed by atoms with Crippen LogP contribution < -0.4 is 15.5 Å². The minimum atomic E-state index is 0.147. The third kappa shape index (κ3) is 3.87. The van der Waals surface area contributed by atoms with E-state index < -0.39 is 0 Å². The third-order valence-electron chi connectivity index (χ3n) is 5.83. The fraction of sp³-hybridized carbons (Fsp3) is 0.600. The summed E-state index contributed by atoms with van der Waals surface area (Å²) < 4.78 is 0. The van der Waals surface area contributed by atoms with Crippen molar-refractivity contribution in [2.45, 2.75) is 63.6 Å². The van der Waals surface area contributed by atoms with Crippen molar-refractivity contribution in [3.63, 3.8) is 0 Å². The van der Waals surface area contributed by atoms with Crippen molar-refractivity contribution in [1.29, 1.82) is 0 Å². The van der Waals surface area contributed by atoms with Crippen LogP contribution in [0.25, 0.3) is 0 Å². The maximum absolute atomic E-state index is 12.3. The number of piperidine rings is 1. The molecule has 0 saturated carbocycles. The largest absolute Gasteiger partial charge is 0.352 e. The van der Waals surface area contributed by atoms with Gasteiger partial charge in [0.2, 0.25) is 11.8 Å². The minimum absolute atomic E-state index is 0.147. The Hall–Kier alpha value is -1.88.